The smallest absolute Gasteiger partial charge is 0.328 e. The topological polar surface area (TPSA) is 66.8 Å². The molecule has 120 valence electrons. The first kappa shape index (κ1) is 16.5. The van der Waals surface area contributed by atoms with Gasteiger partial charge in [0.25, 0.3) is 0 Å². The quantitative estimate of drug-likeness (QED) is 0.904. The Morgan fingerprint density at radius 1 is 1.32 bits per heavy atom. The molecule has 1 aromatic carbocycles. The molecule has 0 radical (unpaired) electrons. The molecule has 1 unspecified atom stereocenters. The van der Waals surface area contributed by atoms with Gasteiger partial charge in [-0.2, -0.15) is 0 Å². The number of carbonyl (C=O) groups excluding carboxylic acids is 1. The summed E-state index contributed by atoms with van der Waals surface area (Å²) in [5.74, 6) is -0.640. The van der Waals surface area contributed by atoms with Crippen molar-refractivity contribution in [2.75, 3.05) is 19.8 Å². The fraction of sp³-hybridized carbons (Fsp3) is 0.529. The summed E-state index contributed by atoms with van der Waals surface area (Å²) in [6, 6.07) is 7.38. The Morgan fingerprint density at radius 3 is 2.59 bits per heavy atom. The van der Waals surface area contributed by atoms with Crippen LogP contribution in [-0.4, -0.2) is 47.7 Å². The van der Waals surface area contributed by atoms with Crippen LogP contribution in [0.15, 0.2) is 24.3 Å². The Kier molecular flexibility index (Phi) is 5.55. The second-order valence-electron chi connectivity index (χ2n) is 5.91. The summed E-state index contributed by atoms with van der Waals surface area (Å²) in [5.41, 5.74) is 2.37. The van der Waals surface area contributed by atoms with E-state index in [0.29, 0.717) is 31.9 Å². The van der Waals surface area contributed by atoms with Gasteiger partial charge in [-0.1, -0.05) is 38.1 Å². The predicted molar refractivity (Wildman–Crippen MR) is 82.8 cm³/mol. The third kappa shape index (κ3) is 4.07. The second kappa shape index (κ2) is 7.40. The van der Waals surface area contributed by atoms with Gasteiger partial charge >= 0.3 is 5.97 Å². The number of carboxylic acid groups (broad SMARTS) is 1. The number of carbonyl (C=O) groups is 2. The maximum atomic E-state index is 12.3. The molecule has 1 N–H and O–H groups in total. The molecule has 0 bridgehead atoms. The highest BCUT2D eigenvalue weighted by atomic mass is 16.5. The molecule has 5 heteroatoms. The van der Waals surface area contributed by atoms with Crippen LogP contribution in [0, 0.1) is 0 Å². The third-order valence-electron chi connectivity index (χ3n) is 4.01. The summed E-state index contributed by atoms with van der Waals surface area (Å²) >= 11 is 0. The number of morpholine rings is 1. The van der Waals surface area contributed by atoms with E-state index in [1.54, 1.807) is 0 Å². The summed E-state index contributed by atoms with van der Waals surface area (Å²) in [4.78, 5) is 24.9. The number of nitrogens with zero attached hydrogens (tertiary/aromatic N) is 1. The molecule has 2 rings (SSSR count). The van der Waals surface area contributed by atoms with E-state index in [4.69, 9.17) is 9.84 Å². The lowest BCUT2D eigenvalue weighted by molar-refractivity contribution is -0.158. The van der Waals surface area contributed by atoms with E-state index in [2.05, 4.69) is 26.0 Å². The van der Waals surface area contributed by atoms with Crippen LogP contribution in [-0.2, 0) is 20.7 Å². The van der Waals surface area contributed by atoms with E-state index in [9.17, 15) is 9.59 Å². The summed E-state index contributed by atoms with van der Waals surface area (Å²) < 4.78 is 5.15. The average molecular weight is 305 g/mol. The predicted octanol–water partition coefficient (Wildman–Crippen LogP) is 2.05. The molecule has 1 saturated heterocycles. The number of benzene rings is 1. The fourth-order valence-corrected chi connectivity index (χ4v) is 2.57. The summed E-state index contributed by atoms with van der Waals surface area (Å²) in [6.07, 6.45) is 0.950. The summed E-state index contributed by atoms with van der Waals surface area (Å²) in [7, 11) is 0. The van der Waals surface area contributed by atoms with Crippen LogP contribution >= 0.6 is 0 Å². The molecule has 1 aliphatic rings. The van der Waals surface area contributed by atoms with Crippen molar-refractivity contribution in [1.82, 2.24) is 4.90 Å². The lowest BCUT2D eigenvalue weighted by Crippen LogP contribution is -2.52. The standard InChI is InChI=1S/C17H23NO4/c1-12(2)14-6-3-13(4-7-14)5-8-16(19)18-9-10-22-11-15(18)17(20)21/h3-4,6-7,12,15H,5,8-11H2,1-2H3,(H,20,21). The number of ether oxygens (including phenoxy) is 1. The number of amides is 1. The van der Waals surface area contributed by atoms with Gasteiger partial charge in [-0.05, 0) is 23.5 Å². The zero-order chi connectivity index (χ0) is 16.1. The van der Waals surface area contributed by atoms with Crippen molar-refractivity contribution in [3.63, 3.8) is 0 Å². The van der Waals surface area contributed by atoms with Crippen molar-refractivity contribution in [3.8, 4) is 0 Å². The minimum atomic E-state index is -1.01. The number of hydrogen-bond donors (Lipinski definition) is 1. The van der Waals surface area contributed by atoms with E-state index in [1.165, 1.54) is 10.5 Å². The monoisotopic (exact) mass is 305 g/mol. The number of aliphatic carboxylic acids is 1. The molecule has 0 saturated carbocycles. The molecule has 22 heavy (non-hydrogen) atoms. The molecule has 1 aromatic rings. The maximum Gasteiger partial charge on any atom is 0.328 e. The Labute approximate surface area is 130 Å². The van der Waals surface area contributed by atoms with Gasteiger partial charge in [-0.15, -0.1) is 0 Å². The Balaban J connectivity index is 1.92. The molecule has 0 aliphatic carbocycles. The average Bonchev–Trinajstić information content (AvgIpc) is 2.53. The molecular weight excluding hydrogens is 282 g/mol. The molecule has 1 fully saturated rings. The van der Waals surface area contributed by atoms with Crippen LogP contribution in [0.4, 0.5) is 0 Å². The zero-order valence-corrected chi connectivity index (χ0v) is 13.1. The molecule has 0 spiro atoms. The van der Waals surface area contributed by atoms with Gasteiger partial charge in [0.2, 0.25) is 5.91 Å². The van der Waals surface area contributed by atoms with Gasteiger partial charge in [0.05, 0.1) is 13.2 Å². The van der Waals surface area contributed by atoms with Crippen LogP contribution in [0.3, 0.4) is 0 Å². The number of rotatable bonds is 5. The Bertz CT molecular complexity index is 524. The van der Waals surface area contributed by atoms with Crippen LogP contribution in [0.1, 0.15) is 37.3 Å². The van der Waals surface area contributed by atoms with Gasteiger partial charge in [0.15, 0.2) is 6.04 Å². The van der Waals surface area contributed by atoms with Crippen molar-refractivity contribution in [2.45, 2.75) is 38.6 Å². The molecule has 1 aliphatic heterocycles. The number of aryl methyl sites for hydroxylation is 1. The van der Waals surface area contributed by atoms with E-state index in [0.717, 1.165) is 5.56 Å². The van der Waals surface area contributed by atoms with Crippen LogP contribution in [0.25, 0.3) is 0 Å². The van der Waals surface area contributed by atoms with Gasteiger partial charge in [0, 0.05) is 13.0 Å². The minimum absolute atomic E-state index is 0.0736. The lowest BCUT2D eigenvalue weighted by Gasteiger charge is -2.32. The normalized spacial score (nSPS) is 18.5. The first-order valence-corrected chi connectivity index (χ1v) is 7.68. The van der Waals surface area contributed by atoms with E-state index in [1.807, 2.05) is 12.1 Å². The molecule has 0 aromatic heterocycles. The molecule has 1 atom stereocenters. The number of carboxylic acids is 1. The second-order valence-corrected chi connectivity index (χ2v) is 5.91. The first-order valence-electron chi connectivity index (χ1n) is 7.68. The van der Waals surface area contributed by atoms with Crippen molar-refractivity contribution in [2.24, 2.45) is 0 Å². The Hall–Kier alpha value is -1.88. The minimum Gasteiger partial charge on any atom is -0.480 e. The van der Waals surface area contributed by atoms with E-state index < -0.39 is 12.0 Å². The van der Waals surface area contributed by atoms with Crippen LogP contribution < -0.4 is 0 Å². The highest BCUT2D eigenvalue weighted by molar-refractivity contribution is 5.84. The summed E-state index contributed by atoms with van der Waals surface area (Å²) in [6.45, 7) is 5.11. The van der Waals surface area contributed by atoms with Crippen molar-refractivity contribution >= 4 is 11.9 Å². The van der Waals surface area contributed by atoms with Crippen LogP contribution in [0.2, 0.25) is 0 Å². The molecule has 1 amide bonds. The van der Waals surface area contributed by atoms with Crippen LogP contribution in [0.5, 0.6) is 0 Å². The maximum absolute atomic E-state index is 12.3. The van der Waals surface area contributed by atoms with Gasteiger partial charge in [0.1, 0.15) is 0 Å². The van der Waals surface area contributed by atoms with E-state index >= 15 is 0 Å². The highest BCUT2D eigenvalue weighted by Gasteiger charge is 2.32. The SMILES string of the molecule is CC(C)c1ccc(CCC(=O)N2CCOCC2C(=O)O)cc1. The Morgan fingerprint density at radius 2 is 2.00 bits per heavy atom. The third-order valence-corrected chi connectivity index (χ3v) is 4.01. The van der Waals surface area contributed by atoms with Gasteiger partial charge in [-0.25, -0.2) is 4.79 Å². The molecule has 5 nitrogen and oxygen atoms in total. The lowest BCUT2D eigenvalue weighted by atomic mass is 10.00. The molecule has 1 heterocycles. The fourth-order valence-electron chi connectivity index (χ4n) is 2.57. The molecular formula is C17H23NO4. The van der Waals surface area contributed by atoms with Crippen molar-refractivity contribution in [3.05, 3.63) is 35.4 Å². The van der Waals surface area contributed by atoms with Gasteiger partial charge < -0.3 is 14.7 Å². The van der Waals surface area contributed by atoms with E-state index in [-0.39, 0.29) is 12.5 Å². The highest BCUT2D eigenvalue weighted by Crippen LogP contribution is 2.16. The van der Waals surface area contributed by atoms with Crippen molar-refractivity contribution < 1.29 is 19.4 Å². The van der Waals surface area contributed by atoms with Gasteiger partial charge in [-0.3, -0.25) is 4.79 Å². The zero-order valence-electron chi connectivity index (χ0n) is 13.1. The number of hydrogen-bond acceptors (Lipinski definition) is 3. The van der Waals surface area contributed by atoms with Crippen molar-refractivity contribution in [1.29, 1.82) is 0 Å². The summed E-state index contributed by atoms with van der Waals surface area (Å²) in [5, 5.41) is 9.15. The first-order chi connectivity index (χ1) is 10.5. The largest absolute Gasteiger partial charge is 0.480 e.